The van der Waals surface area contributed by atoms with E-state index in [9.17, 15) is 0 Å². The molecule has 0 atom stereocenters. The quantitative estimate of drug-likeness (QED) is 0.664. The van der Waals surface area contributed by atoms with Gasteiger partial charge in [-0.3, -0.25) is 0 Å². The molecule has 0 unspecified atom stereocenters. The van der Waals surface area contributed by atoms with Crippen molar-refractivity contribution in [1.82, 2.24) is 14.8 Å². The number of nitrogens with two attached hydrogens (primary N) is 1. The molecule has 0 saturated carbocycles. The van der Waals surface area contributed by atoms with E-state index >= 15 is 0 Å². The summed E-state index contributed by atoms with van der Waals surface area (Å²) in [5, 5.41) is 12.6. The van der Waals surface area contributed by atoms with Gasteiger partial charge >= 0.3 is 0 Å². The Morgan fingerprint density at radius 1 is 1.43 bits per heavy atom. The van der Waals surface area contributed by atoms with Crippen molar-refractivity contribution in [1.29, 1.82) is 5.26 Å². The van der Waals surface area contributed by atoms with Crippen LogP contribution in [0.15, 0.2) is 30.9 Å². The predicted molar refractivity (Wildman–Crippen MR) is 50.5 cm³/mol. The van der Waals surface area contributed by atoms with Crippen LogP contribution in [0.3, 0.4) is 0 Å². The Labute approximate surface area is 80.4 Å². The molecule has 1 aromatic heterocycles. The maximum absolute atomic E-state index is 8.68. The Kier molecular flexibility index (Phi) is 1.88. The molecule has 0 spiro atoms. The summed E-state index contributed by atoms with van der Waals surface area (Å²) in [5.41, 5.74) is 7.36. The van der Waals surface area contributed by atoms with E-state index in [4.69, 9.17) is 11.0 Å². The molecule has 1 aromatic carbocycles. The summed E-state index contributed by atoms with van der Waals surface area (Å²) in [6, 6.07) is 7.11. The summed E-state index contributed by atoms with van der Waals surface area (Å²) in [4.78, 5) is 3.82. The van der Waals surface area contributed by atoms with Crippen LogP contribution in [0.2, 0.25) is 0 Å². The van der Waals surface area contributed by atoms with Crippen LogP contribution < -0.4 is 5.73 Å². The zero-order valence-corrected chi connectivity index (χ0v) is 7.25. The van der Waals surface area contributed by atoms with E-state index in [2.05, 4.69) is 10.1 Å². The predicted octanol–water partition coefficient (Wildman–Crippen LogP) is 0.721. The van der Waals surface area contributed by atoms with Crippen LogP contribution in [0.25, 0.3) is 5.69 Å². The monoisotopic (exact) mass is 185 g/mol. The maximum Gasteiger partial charge on any atom is 0.138 e. The van der Waals surface area contributed by atoms with Crippen molar-refractivity contribution in [2.45, 2.75) is 0 Å². The molecule has 0 aliphatic carbocycles. The van der Waals surface area contributed by atoms with E-state index in [1.54, 1.807) is 29.2 Å². The van der Waals surface area contributed by atoms with Gasteiger partial charge in [-0.25, -0.2) is 9.67 Å². The van der Waals surface area contributed by atoms with Gasteiger partial charge in [0.2, 0.25) is 0 Å². The van der Waals surface area contributed by atoms with Gasteiger partial charge in [0.1, 0.15) is 18.7 Å². The second-order valence-electron chi connectivity index (χ2n) is 2.72. The van der Waals surface area contributed by atoms with E-state index in [-0.39, 0.29) is 0 Å². The number of benzene rings is 1. The first-order valence-electron chi connectivity index (χ1n) is 3.96. The second kappa shape index (κ2) is 3.18. The fourth-order valence-corrected chi connectivity index (χ4v) is 1.14. The average Bonchev–Trinajstić information content (AvgIpc) is 2.70. The number of nitriles is 1. The van der Waals surface area contributed by atoms with E-state index in [0.29, 0.717) is 11.3 Å². The van der Waals surface area contributed by atoms with Gasteiger partial charge in [0.05, 0.1) is 16.9 Å². The Hall–Kier alpha value is -2.35. The molecule has 0 amide bonds. The van der Waals surface area contributed by atoms with Gasteiger partial charge < -0.3 is 5.73 Å². The maximum atomic E-state index is 8.68. The van der Waals surface area contributed by atoms with Crippen molar-refractivity contribution < 1.29 is 0 Å². The molecule has 0 aliphatic rings. The summed E-state index contributed by atoms with van der Waals surface area (Å²) in [6.45, 7) is 0. The van der Waals surface area contributed by atoms with Crippen molar-refractivity contribution in [3.63, 3.8) is 0 Å². The highest BCUT2D eigenvalue weighted by molar-refractivity contribution is 5.58. The number of nitrogen functional groups attached to an aromatic ring is 1. The van der Waals surface area contributed by atoms with Gasteiger partial charge in [0.25, 0.3) is 0 Å². The summed E-state index contributed by atoms with van der Waals surface area (Å²) < 4.78 is 1.58. The Bertz CT molecular complexity index is 480. The molecule has 0 radical (unpaired) electrons. The topological polar surface area (TPSA) is 80.5 Å². The standard InChI is InChI=1S/C9H7N5/c10-4-7-1-2-8(3-9(7)11)14-6-12-5-13-14/h1-3,5-6H,11H2. The van der Waals surface area contributed by atoms with Crippen molar-refractivity contribution >= 4 is 5.69 Å². The molecular formula is C9H7N5. The van der Waals surface area contributed by atoms with Gasteiger partial charge in [-0.1, -0.05) is 0 Å². The average molecular weight is 185 g/mol. The normalized spacial score (nSPS) is 9.64. The molecule has 2 rings (SSSR count). The number of aromatic nitrogens is 3. The third kappa shape index (κ3) is 1.29. The fraction of sp³-hybridized carbons (Fsp3) is 0. The Morgan fingerprint density at radius 2 is 2.29 bits per heavy atom. The first-order valence-corrected chi connectivity index (χ1v) is 3.96. The van der Waals surface area contributed by atoms with Crippen molar-refractivity contribution in [3.8, 4) is 11.8 Å². The molecule has 2 N–H and O–H groups in total. The third-order valence-corrected chi connectivity index (χ3v) is 1.84. The van der Waals surface area contributed by atoms with Crippen LogP contribution in [-0.4, -0.2) is 14.8 Å². The highest BCUT2D eigenvalue weighted by Gasteiger charge is 2.01. The van der Waals surface area contributed by atoms with Crippen molar-refractivity contribution in [3.05, 3.63) is 36.4 Å². The summed E-state index contributed by atoms with van der Waals surface area (Å²) in [5.74, 6) is 0. The van der Waals surface area contributed by atoms with E-state index in [0.717, 1.165) is 5.69 Å². The number of anilines is 1. The molecule has 0 aliphatic heterocycles. The van der Waals surface area contributed by atoms with Gasteiger partial charge in [0.15, 0.2) is 0 Å². The van der Waals surface area contributed by atoms with Gasteiger partial charge in [0, 0.05) is 0 Å². The lowest BCUT2D eigenvalue weighted by molar-refractivity contribution is 0.879. The number of rotatable bonds is 1. The molecular weight excluding hydrogens is 178 g/mol. The van der Waals surface area contributed by atoms with Crippen LogP contribution in [0.1, 0.15) is 5.56 Å². The zero-order chi connectivity index (χ0) is 9.97. The molecule has 5 heteroatoms. The van der Waals surface area contributed by atoms with E-state index in [1.807, 2.05) is 6.07 Å². The summed E-state index contributed by atoms with van der Waals surface area (Å²) in [7, 11) is 0. The molecule has 0 bridgehead atoms. The van der Waals surface area contributed by atoms with Crippen molar-refractivity contribution in [2.24, 2.45) is 0 Å². The minimum atomic E-state index is 0.445. The van der Waals surface area contributed by atoms with Crippen LogP contribution in [0.5, 0.6) is 0 Å². The first kappa shape index (κ1) is 8.26. The van der Waals surface area contributed by atoms with Crippen molar-refractivity contribution in [2.75, 3.05) is 5.73 Å². The molecule has 1 heterocycles. The van der Waals surface area contributed by atoms with Crippen LogP contribution >= 0.6 is 0 Å². The smallest absolute Gasteiger partial charge is 0.138 e. The Morgan fingerprint density at radius 3 is 2.86 bits per heavy atom. The highest BCUT2D eigenvalue weighted by atomic mass is 15.3. The second-order valence-corrected chi connectivity index (χ2v) is 2.72. The third-order valence-electron chi connectivity index (χ3n) is 1.84. The number of nitrogens with zero attached hydrogens (tertiary/aromatic N) is 4. The van der Waals surface area contributed by atoms with Crippen LogP contribution in [0.4, 0.5) is 5.69 Å². The number of hydrogen-bond donors (Lipinski definition) is 1. The van der Waals surface area contributed by atoms with Crippen LogP contribution in [-0.2, 0) is 0 Å². The zero-order valence-electron chi connectivity index (χ0n) is 7.25. The van der Waals surface area contributed by atoms with Crippen LogP contribution in [0, 0.1) is 11.3 Å². The minimum Gasteiger partial charge on any atom is -0.398 e. The SMILES string of the molecule is N#Cc1ccc(-n2cncn2)cc1N. The van der Waals surface area contributed by atoms with E-state index < -0.39 is 0 Å². The van der Waals surface area contributed by atoms with E-state index in [1.165, 1.54) is 6.33 Å². The lowest BCUT2D eigenvalue weighted by Crippen LogP contribution is -1.97. The molecule has 2 aromatic rings. The highest BCUT2D eigenvalue weighted by Crippen LogP contribution is 2.15. The summed E-state index contributed by atoms with van der Waals surface area (Å²) in [6.07, 6.45) is 3.01. The van der Waals surface area contributed by atoms with Gasteiger partial charge in [-0.2, -0.15) is 10.4 Å². The fourth-order valence-electron chi connectivity index (χ4n) is 1.14. The largest absolute Gasteiger partial charge is 0.398 e. The molecule has 5 nitrogen and oxygen atoms in total. The minimum absolute atomic E-state index is 0.445. The molecule has 14 heavy (non-hydrogen) atoms. The first-order chi connectivity index (χ1) is 6.81. The van der Waals surface area contributed by atoms with Gasteiger partial charge in [-0.15, -0.1) is 0 Å². The Balaban J connectivity index is 2.49. The number of hydrogen-bond acceptors (Lipinski definition) is 4. The molecule has 0 saturated heterocycles. The lowest BCUT2D eigenvalue weighted by Gasteiger charge is -2.02. The lowest BCUT2D eigenvalue weighted by atomic mass is 10.2. The summed E-state index contributed by atoms with van der Waals surface area (Å²) >= 11 is 0. The van der Waals surface area contributed by atoms with Gasteiger partial charge in [-0.05, 0) is 18.2 Å². The molecule has 0 fully saturated rings. The molecule has 68 valence electrons.